The lowest BCUT2D eigenvalue weighted by Crippen LogP contribution is -2.20. The van der Waals surface area contributed by atoms with Crippen molar-refractivity contribution in [2.45, 2.75) is 36.9 Å². The first kappa shape index (κ1) is 9.66. The van der Waals surface area contributed by atoms with Crippen LogP contribution in [0.4, 0.5) is 0 Å². The maximum absolute atomic E-state index is 4.16. The maximum atomic E-state index is 4.16. The highest BCUT2D eigenvalue weighted by atomic mass is 79.9. The summed E-state index contributed by atoms with van der Waals surface area (Å²) < 4.78 is 0. The molecule has 0 radical (unpaired) electrons. The molecule has 3 heteroatoms. The van der Waals surface area contributed by atoms with E-state index in [9.17, 15) is 0 Å². The van der Waals surface area contributed by atoms with Gasteiger partial charge >= 0.3 is 0 Å². The fraction of sp³-hybridized carbons (Fsp3) is 0.700. The molecule has 3 atom stereocenters. The number of halogens is 1. The van der Waals surface area contributed by atoms with E-state index in [-0.39, 0.29) is 0 Å². The van der Waals surface area contributed by atoms with Crippen molar-refractivity contribution in [2.75, 3.05) is 0 Å². The molecule has 1 aromatic rings. The zero-order valence-corrected chi connectivity index (χ0v) is 10.1. The Kier molecular flexibility index (Phi) is 3.04. The third kappa shape index (κ3) is 2.13. The number of alkyl halides is 1. The van der Waals surface area contributed by atoms with Gasteiger partial charge in [-0.1, -0.05) is 22.9 Å². The summed E-state index contributed by atoms with van der Waals surface area (Å²) in [6.07, 6.45) is 6.00. The summed E-state index contributed by atoms with van der Waals surface area (Å²) in [4.78, 5) is 6.35. The van der Waals surface area contributed by atoms with Crippen LogP contribution in [0, 0.1) is 5.92 Å². The Bertz CT molecular complexity index is 260. The Morgan fingerprint density at radius 2 is 2.38 bits per heavy atom. The number of nitrogens with zero attached hydrogens (tertiary/aromatic N) is 1. The van der Waals surface area contributed by atoms with Crippen LogP contribution in [0.3, 0.4) is 0 Å². The van der Waals surface area contributed by atoms with Gasteiger partial charge in [-0.05, 0) is 31.1 Å². The number of aromatic nitrogens is 1. The quantitative estimate of drug-likeness (QED) is 0.700. The Balaban J connectivity index is 2.12. The second-order valence-electron chi connectivity index (χ2n) is 3.90. The van der Waals surface area contributed by atoms with Gasteiger partial charge < -0.3 is 0 Å². The highest BCUT2D eigenvalue weighted by Crippen LogP contribution is 2.41. The van der Waals surface area contributed by atoms with Gasteiger partial charge in [0.15, 0.2) is 0 Å². The van der Waals surface area contributed by atoms with E-state index in [0.29, 0.717) is 0 Å². The molecule has 0 saturated heterocycles. The predicted octanol–water partition coefficient (Wildman–Crippen LogP) is 3.81. The van der Waals surface area contributed by atoms with Crippen LogP contribution in [0.5, 0.6) is 0 Å². The normalized spacial score (nSPS) is 34.8. The van der Waals surface area contributed by atoms with Crippen molar-refractivity contribution < 1.29 is 0 Å². The van der Waals surface area contributed by atoms with E-state index < -0.39 is 0 Å². The second kappa shape index (κ2) is 4.09. The van der Waals surface area contributed by atoms with Gasteiger partial charge in [-0.15, -0.1) is 11.3 Å². The summed E-state index contributed by atoms with van der Waals surface area (Å²) in [5, 5.41) is 0. The van der Waals surface area contributed by atoms with Gasteiger partial charge in [0.25, 0.3) is 0 Å². The Labute approximate surface area is 91.7 Å². The summed E-state index contributed by atoms with van der Waals surface area (Å²) in [6, 6.07) is 0. The van der Waals surface area contributed by atoms with Crippen LogP contribution in [-0.2, 0) is 0 Å². The van der Waals surface area contributed by atoms with E-state index in [0.717, 1.165) is 16.7 Å². The van der Waals surface area contributed by atoms with Crippen LogP contribution in [0.25, 0.3) is 0 Å². The number of hydrogen-bond donors (Lipinski definition) is 0. The first-order chi connectivity index (χ1) is 6.27. The molecule has 0 spiro atoms. The first-order valence-electron chi connectivity index (χ1n) is 4.80. The number of thiazole rings is 1. The lowest BCUT2D eigenvalue weighted by Gasteiger charge is -2.30. The molecule has 3 unspecified atom stereocenters. The van der Waals surface area contributed by atoms with Crippen molar-refractivity contribution in [2.24, 2.45) is 5.92 Å². The van der Waals surface area contributed by atoms with Gasteiger partial charge in [-0.2, -0.15) is 0 Å². The van der Waals surface area contributed by atoms with Gasteiger partial charge in [0.05, 0.1) is 5.51 Å². The van der Waals surface area contributed by atoms with E-state index in [2.05, 4.69) is 27.8 Å². The molecular formula is C10H14BrNS. The number of hydrogen-bond acceptors (Lipinski definition) is 2. The topological polar surface area (TPSA) is 12.9 Å². The van der Waals surface area contributed by atoms with Crippen LogP contribution in [0.15, 0.2) is 11.7 Å². The molecule has 0 N–H and O–H groups in total. The van der Waals surface area contributed by atoms with Crippen molar-refractivity contribution in [1.82, 2.24) is 4.98 Å². The molecule has 1 heterocycles. The summed E-state index contributed by atoms with van der Waals surface area (Å²) in [6.45, 7) is 2.36. The largest absolute Gasteiger partial charge is 0.253 e. The lowest BCUT2D eigenvalue weighted by atomic mass is 9.80. The highest BCUT2D eigenvalue weighted by molar-refractivity contribution is 9.09. The molecule has 1 saturated carbocycles. The van der Waals surface area contributed by atoms with Gasteiger partial charge in [-0.25, -0.2) is 0 Å². The van der Waals surface area contributed by atoms with Crippen LogP contribution in [0.1, 0.15) is 37.0 Å². The van der Waals surface area contributed by atoms with Crippen molar-refractivity contribution in [1.29, 1.82) is 0 Å². The summed E-state index contributed by atoms with van der Waals surface area (Å²) in [7, 11) is 0. The van der Waals surface area contributed by atoms with Gasteiger partial charge in [0.1, 0.15) is 0 Å². The number of rotatable bonds is 1. The van der Waals surface area contributed by atoms with E-state index in [1.807, 2.05) is 11.7 Å². The molecule has 0 amide bonds. The van der Waals surface area contributed by atoms with E-state index in [1.165, 1.54) is 24.1 Å². The van der Waals surface area contributed by atoms with E-state index in [1.54, 1.807) is 11.3 Å². The molecule has 0 aromatic carbocycles. The lowest BCUT2D eigenvalue weighted by molar-refractivity contribution is 0.344. The molecule has 72 valence electrons. The van der Waals surface area contributed by atoms with Gasteiger partial charge in [-0.3, -0.25) is 4.98 Å². The molecular weight excluding hydrogens is 246 g/mol. The maximum Gasteiger partial charge on any atom is 0.0794 e. The molecule has 1 aliphatic carbocycles. The molecule has 2 rings (SSSR count). The van der Waals surface area contributed by atoms with Crippen molar-refractivity contribution >= 4 is 27.3 Å². The zero-order chi connectivity index (χ0) is 9.26. The van der Waals surface area contributed by atoms with Crippen LogP contribution in [-0.4, -0.2) is 9.81 Å². The van der Waals surface area contributed by atoms with Crippen LogP contribution in [0.2, 0.25) is 0 Å². The molecule has 13 heavy (non-hydrogen) atoms. The minimum atomic E-state index is 0.718. The molecule has 1 aromatic heterocycles. The monoisotopic (exact) mass is 259 g/mol. The minimum absolute atomic E-state index is 0.718. The van der Waals surface area contributed by atoms with Crippen molar-refractivity contribution in [3.8, 4) is 0 Å². The third-order valence-electron chi connectivity index (χ3n) is 2.95. The van der Waals surface area contributed by atoms with Gasteiger partial charge in [0.2, 0.25) is 0 Å². The molecule has 1 aliphatic rings. The van der Waals surface area contributed by atoms with Crippen LogP contribution < -0.4 is 0 Å². The molecule has 1 nitrogen and oxygen atoms in total. The van der Waals surface area contributed by atoms with E-state index >= 15 is 0 Å². The predicted molar refractivity (Wildman–Crippen MR) is 60.6 cm³/mol. The second-order valence-corrected chi connectivity index (χ2v) is 6.11. The minimum Gasteiger partial charge on any atom is -0.253 e. The van der Waals surface area contributed by atoms with Gasteiger partial charge in [0, 0.05) is 15.9 Å². The van der Waals surface area contributed by atoms with E-state index in [4.69, 9.17) is 0 Å². The highest BCUT2D eigenvalue weighted by Gasteiger charge is 2.28. The smallest absolute Gasteiger partial charge is 0.0794 e. The average molecular weight is 260 g/mol. The summed E-state index contributed by atoms with van der Waals surface area (Å²) >= 11 is 5.53. The van der Waals surface area contributed by atoms with Crippen molar-refractivity contribution in [3.05, 3.63) is 16.6 Å². The summed E-state index contributed by atoms with van der Waals surface area (Å²) in [5.74, 6) is 1.57. The fourth-order valence-corrected chi connectivity index (χ4v) is 3.61. The Morgan fingerprint density at radius 1 is 1.54 bits per heavy atom. The average Bonchev–Trinajstić information content (AvgIpc) is 2.61. The zero-order valence-electron chi connectivity index (χ0n) is 7.74. The van der Waals surface area contributed by atoms with Crippen molar-refractivity contribution in [3.63, 3.8) is 0 Å². The Hall–Kier alpha value is 0.110. The molecule has 0 aliphatic heterocycles. The SMILES string of the molecule is CC1CCC(Br)CC1c1cncs1. The summed E-state index contributed by atoms with van der Waals surface area (Å²) in [5.41, 5.74) is 1.94. The first-order valence-corrected chi connectivity index (χ1v) is 6.59. The molecule has 1 fully saturated rings. The fourth-order valence-electron chi connectivity index (χ4n) is 2.08. The van der Waals surface area contributed by atoms with Crippen LogP contribution >= 0.6 is 27.3 Å². The third-order valence-corrected chi connectivity index (χ3v) is 4.69. The molecule has 0 bridgehead atoms. The standard InChI is InChI=1S/C10H14BrNS/c1-7-2-3-8(11)4-9(7)10-5-12-6-13-10/h5-9H,2-4H2,1H3. The Morgan fingerprint density at radius 3 is 3.08 bits per heavy atom.